The summed E-state index contributed by atoms with van der Waals surface area (Å²) in [7, 11) is 3.12. The molecule has 1 heterocycles. The van der Waals surface area contributed by atoms with Gasteiger partial charge in [-0.25, -0.2) is 0 Å². The third-order valence-electron chi connectivity index (χ3n) is 2.55. The van der Waals surface area contributed by atoms with Crippen LogP contribution in [0.1, 0.15) is 17.5 Å². The van der Waals surface area contributed by atoms with Gasteiger partial charge in [0.2, 0.25) is 0 Å². The standard InChI is InChI=1S/C11H12BrNO2S/c1-7-10(16-12)4-3-9-11(7)8(13-14-2)5-6-15-9/h3-4H,5-6H2,1-2H3. The normalized spacial score (nSPS) is 16.8. The smallest absolute Gasteiger partial charge is 0.128 e. The molecule has 0 fully saturated rings. The first-order valence-corrected chi connectivity index (χ1v) is 7.59. The maximum absolute atomic E-state index is 5.62. The molecule has 1 aliphatic heterocycles. The SMILES string of the molecule is CON=C1CCOc2ccc(SBr)c(C)c21. The van der Waals surface area contributed by atoms with Crippen molar-refractivity contribution >= 4 is 30.7 Å². The Balaban J connectivity index is 2.56. The first-order valence-electron chi connectivity index (χ1n) is 4.93. The Morgan fingerprint density at radius 3 is 3.00 bits per heavy atom. The lowest BCUT2D eigenvalue weighted by molar-refractivity contribution is 0.210. The van der Waals surface area contributed by atoms with Crippen LogP contribution >= 0.6 is 25.0 Å². The zero-order valence-corrected chi connectivity index (χ0v) is 11.5. The molecule has 0 radical (unpaired) electrons. The molecular formula is C11H12BrNO2S. The summed E-state index contributed by atoms with van der Waals surface area (Å²) in [6, 6.07) is 4.03. The van der Waals surface area contributed by atoms with Crippen LogP contribution in [0.5, 0.6) is 5.75 Å². The number of rotatable bonds is 2. The first-order chi connectivity index (χ1) is 7.77. The molecular weight excluding hydrogens is 290 g/mol. The van der Waals surface area contributed by atoms with E-state index in [1.807, 2.05) is 12.1 Å². The summed E-state index contributed by atoms with van der Waals surface area (Å²) in [5.74, 6) is 0.893. The van der Waals surface area contributed by atoms with Crippen LogP contribution in [0, 0.1) is 6.92 Å². The zero-order chi connectivity index (χ0) is 11.5. The second kappa shape index (κ2) is 5.10. The molecule has 2 rings (SSSR count). The topological polar surface area (TPSA) is 30.8 Å². The lowest BCUT2D eigenvalue weighted by Crippen LogP contribution is -2.18. The summed E-state index contributed by atoms with van der Waals surface area (Å²) in [6.07, 6.45) is 0.790. The van der Waals surface area contributed by atoms with Crippen LogP contribution in [0.25, 0.3) is 0 Å². The Morgan fingerprint density at radius 1 is 1.50 bits per heavy atom. The van der Waals surface area contributed by atoms with E-state index in [2.05, 4.69) is 26.9 Å². The van der Waals surface area contributed by atoms with Crippen LogP contribution in [-0.2, 0) is 4.84 Å². The van der Waals surface area contributed by atoms with E-state index >= 15 is 0 Å². The minimum atomic E-state index is 0.662. The molecule has 3 nitrogen and oxygen atoms in total. The van der Waals surface area contributed by atoms with E-state index < -0.39 is 0 Å². The van der Waals surface area contributed by atoms with Crippen LogP contribution in [0.2, 0.25) is 0 Å². The predicted molar refractivity (Wildman–Crippen MR) is 69.6 cm³/mol. The Bertz CT molecular complexity index is 434. The number of ether oxygens (including phenoxy) is 1. The summed E-state index contributed by atoms with van der Waals surface area (Å²) >= 11 is 3.40. The van der Waals surface area contributed by atoms with Crippen LogP contribution in [0.15, 0.2) is 22.2 Å². The third-order valence-corrected chi connectivity index (χ3v) is 4.20. The Hall–Kier alpha value is -0.680. The Labute approximate surface area is 106 Å². The van der Waals surface area contributed by atoms with Gasteiger partial charge in [-0.3, -0.25) is 0 Å². The second-order valence-corrected chi connectivity index (χ2v) is 5.02. The molecule has 0 unspecified atom stereocenters. The van der Waals surface area contributed by atoms with Crippen molar-refractivity contribution in [3.8, 4) is 5.75 Å². The molecule has 0 amide bonds. The van der Waals surface area contributed by atoms with Crippen molar-refractivity contribution in [2.45, 2.75) is 18.2 Å². The summed E-state index contributed by atoms with van der Waals surface area (Å²) in [6.45, 7) is 2.73. The van der Waals surface area contributed by atoms with Gasteiger partial charge in [0.05, 0.1) is 12.3 Å². The molecule has 0 aromatic heterocycles. The van der Waals surface area contributed by atoms with E-state index in [1.165, 1.54) is 10.5 Å². The number of fused-ring (bicyclic) bond motifs is 1. The average molecular weight is 302 g/mol. The Kier molecular flexibility index (Phi) is 3.76. The molecule has 16 heavy (non-hydrogen) atoms. The predicted octanol–water partition coefficient (Wildman–Crippen LogP) is 3.53. The van der Waals surface area contributed by atoms with Crippen LogP contribution in [-0.4, -0.2) is 19.4 Å². The molecule has 1 aromatic rings. The molecule has 5 heteroatoms. The maximum Gasteiger partial charge on any atom is 0.128 e. The Morgan fingerprint density at radius 2 is 2.31 bits per heavy atom. The van der Waals surface area contributed by atoms with Gasteiger partial charge in [0, 0.05) is 16.9 Å². The molecule has 0 spiro atoms. The summed E-state index contributed by atoms with van der Waals surface area (Å²) in [5, 5.41) is 4.07. The lowest BCUT2D eigenvalue weighted by Gasteiger charge is -2.21. The van der Waals surface area contributed by atoms with E-state index in [9.17, 15) is 0 Å². The molecule has 0 saturated carbocycles. The van der Waals surface area contributed by atoms with Gasteiger partial charge in [-0.2, -0.15) is 0 Å². The van der Waals surface area contributed by atoms with E-state index in [0.29, 0.717) is 6.61 Å². The van der Waals surface area contributed by atoms with Crippen LogP contribution in [0.4, 0.5) is 0 Å². The first kappa shape index (κ1) is 11.8. The molecule has 0 atom stereocenters. The largest absolute Gasteiger partial charge is 0.492 e. The number of nitrogens with zero attached hydrogens (tertiary/aromatic N) is 1. The molecule has 0 saturated heterocycles. The van der Waals surface area contributed by atoms with Crippen molar-refractivity contribution < 1.29 is 9.57 Å². The highest BCUT2D eigenvalue weighted by Gasteiger charge is 2.21. The van der Waals surface area contributed by atoms with Gasteiger partial charge in [0.15, 0.2) is 0 Å². The zero-order valence-electron chi connectivity index (χ0n) is 9.12. The minimum Gasteiger partial charge on any atom is -0.492 e. The van der Waals surface area contributed by atoms with Crippen molar-refractivity contribution in [3.05, 3.63) is 23.3 Å². The molecule has 0 N–H and O–H groups in total. The molecule has 0 bridgehead atoms. The van der Waals surface area contributed by atoms with Crippen LogP contribution in [0.3, 0.4) is 0 Å². The minimum absolute atomic E-state index is 0.662. The number of hydrogen-bond donors (Lipinski definition) is 0. The van der Waals surface area contributed by atoms with Gasteiger partial charge < -0.3 is 9.57 Å². The number of hydrogen-bond acceptors (Lipinski definition) is 4. The monoisotopic (exact) mass is 301 g/mol. The van der Waals surface area contributed by atoms with E-state index in [0.717, 1.165) is 23.4 Å². The van der Waals surface area contributed by atoms with Crippen molar-refractivity contribution in [3.63, 3.8) is 0 Å². The maximum atomic E-state index is 5.62. The van der Waals surface area contributed by atoms with Crippen LogP contribution < -0.4 is 4.74 Å². The summed E-state index contributed by atoms with van der Waals surface area (Å²) in [5.41, 5.74) is 3.21. The van der Waals surface area contributed by atoms with Gasteiger partial charge in [0.25, 0.3) is 0 Å². The van der Waals surface area contributed by atoms with Gasteiger partial charge in [-0.1, -0.05) is 5.16 Å². The molecule has 86 valence electrons. The van der Waals surface area contributed by atoms with E-state index in [-0.39, 0.29) is 0 Å². The van der Waals surface area contributed by atoms with E-state index in [1.54, 1.807) is 17.3 Å². The van der Waals surface area contributed by atoms with Crippen molar-refractivity contribution in [2.75, 3.05) is 13.7 Å². The lowest BCUT2D eigenvalue weighted by atomic mass is 9.99. The summed E-state index contributed by atoms with van der Waals surface area (Å²) in [4.78, 5) is 6.05. The second-order valence-electron chi connectivity index (χ2n) is 3.46. The number of halogens is 1. The molecule has 0 aliphatic carbocycles. The quantitative estimate of drug-likeness (QED) is 0.783. The van der Waals surface area contributed by atoms with Crippen molar-refractivity contribution in [1.29, 1.82) is 0 Å². The average Bonchev–Trinajstić information content (AvgIpc) is 2.30. The fourth-order valence-electron chi connectivity index (χ4n) is 1.81. The third kappa shape index (κ3) is 2.06. The summed E-state index contributed by atoms with van der Waals surface area (Å²) < 4.78 is 5.62. The highest BCUT2D eigenvalue weighted by atomic mass is 79.9. The van der Waals surface area contributed by atoms with Crippen molar-refractivity contribution in [2.24, 2.45) is 5.16 Å². The fraction of sp³-hybridized carbons (Fsp3) is 0.364. The van der Waals surface area contributed by atoms with Crippen molar-refractivity contribution in [1.82, 2.24) is 0 Å². The van der Waals surface area contributed by atoms with Gasteiger partial charge >= 0.3 is 0 Å². The molecule has 1 aromatic carbocycles. The molecule has 1 aliphatic rings. The van der Waals surface area contributed by atoms with Gasteiger partial charge in [-0.05, 0) is 49.6 Å². The highest BCUT2D eigenvalue weighted by Crippen LogP contribution is 2.36. The van der Waals surface area contributed by atoms with E-state index in [4.69, 9.17) is 9.57 Å². The van der Waals surface area contributed by atoms with Gasteiger partial charge in [0.1, 0.15) is 12.9 Å². The fourth-order valence-corrected chi connectivity index (χ4v) is 3.20. The number of oxime groups is 1. The number of benzene rings is 1. The highest BCUT2D eigenvalue weighted by molar-refractivity contribution is 9.50. The van der Waals surface area contributed by atoms with Gasteiger partial charge in [-0.15, -0.1) is 0 Å².